The fourth-order valence-electron chi connectivity index (χ4n) is 3.93. The molecule has 2 fully saturated rings. The van der Waals surface area contributed by atoms with Crippen LogP contribution >= 0.6 is 0 Å². The number of benzene rings is 1. The van der Waals surface area contributed by atoms with Crippen molar-refractivity contribution in [3.8, 4) is 0 Å². The molecule has 0 bridgehead atoms. The van der Waals surface area contributed by atoms with E-state index in [1.165, 1.54) is 18.1 Å². The van der Waals surface area contributed by atoms with Gasteiger partial charge in [0, 0.05) is 12.6 Å². The van der Waals surface area contributed by atoms with Gasteiger partial charge in [-0.3, -0.25) is 4.90 Å². The first kappa shape index (κ1) is 18.9. The molecule has 1 saturated heterocycles. The van der Waals surface area contributed by atoms with Crippen molar-refractivity contribution < 1.29 is 27.1 Å². The van der Waals surface area contributed by atoms with Crippen molar-refractivity contribution in [2.45, 2.75) is 49.9 Å². The SMILES string of the molecule is COC(=O)N(C[C@@H]1CCCN1)C1(c2ccc(F)c(C(F)(F)F)c2)CCC1. The van der Waals surface area contributed by atoms with Gasteiger partial charge in [0.15, 0.2) is 0 Å². The Hall–Kier alpha value is -1.83. The molecular weight excluding hydrogens is 352 g/mol. The van der Waals surface area contributed by atoms with Crippen molar-refractivity contribution in [3.63, 3.8) is 0 Å². The highest BCUT2D eigenvalue weighted by molar-refractivity contribution is 5.69. The number of hydrogen-bond acceptors (Lipinski definition) is 3. The van der Waals surface area contributed by atoms with E-state index >= 15 is 0 Å². The van der Waals surface area contributed by atoms with E-state index < -0.39 is 29.2 Å². The van der Waals surface area contributed by atoms with E-state index in [1.807, 2.05) is 0 Å². The summed E-state index contributed by atoms with van der Waals surface area (Å²) in [6.07, 6.45) is -1.65. The fraction of sp³-hybridized carbons (Fsp3) is 0.611. The number of carbonyl (C=O) groups excluding carboxylic acids is 1. The summed E-state index contributed by atoms with van der Waals surface area (Å²) in [6.45, 7) is 1.20. The zero-order valence-corrected chi connectivity index (χ0v) is 14.5. The highest BCUT2D eigenvalue weighted by Crippen LogP contribution is 2.48. The smallest absolute Gasteiger partial charge is 0.419 e. The van der Waals surface area contributed by atoms with E-state index in [0.717, 1.165) is 37.9 Å². The number of rotatable bonds is 4. The van der Waals surface area contributed by atoms with Gasteiger partial charge in [0.2, 0.25) is 0 Å². The maximum Gasteiger partial charge on any atom is 0.419 e. The van der Waals surface area contributed by atoms with Crippen LogP contribution in [0.4, 0.5) is 22.4 Å². The summed E-state index contributed by atoms with van der Waals surface area (Å²) in [7, 11) is 1.26. The second-order valence-corrected chi connectivity index (χ2v) is 6.95. The van der Waals surface area contributed by atoms with Gasteiger partial charge in [-0.15, -0.1) is 0 Å². The van der Waals surface area contributed by atoms with Crippen LogP contribution in [0.2, 0.25) is 0 Å². The molecule has 1 aromatic rings. The Morgan fingerprint density at radius 2 is 2.08 bits per heavy atom. The number of nitrogens with one attached hydrogen (secondary N) is 1. The Balaban J connectivity index is 1.99. The van der Waals surface area contributed by atoms with E-state index in [-0.39, 0.29) is 6.04 Å². The Labute approximate surface area is 149 Å². The third-order valence-corrected chi connectivity index (χ3v) is 5.47. The van der Waals surface area contributed by atoms with Crippen LogP contribution in [0.25, 0.3) is 0 Å². The van der Waals surface area contributed by atoms with Gasteiger partial charge in [0.05, 0.1) is 18.2 Å². The Morgan fingerprint density at radius 1 is 1.35 bits per heavy atom. The van der Waals surface area contributed by atoms with Gasteiger partial charge in [-0.2, -0.15) is 13.2 Å². The summed E-state index contributed by atoms with van der Waals surface area (Å²) < 4.78 is 58.0. The molecule has 1 aliphatic carbocycles. The van der Waals surface area contributed by atoms with Gasteiger partial charge in [0.1, 0.15) is 5.82 Å². The first-order valence-electron chi connectivity index (χ1n) is 8.74. The van der Waals surface area contributed by atoms with Crippen LogP contribution in [0.15, 0.2) is 18.2 Å². The van der Waals surface area contributed by atoms with Gasteiger partial charge in [-0.1, -0.05) is 6.07 Å². The van der Waals surface area contributed by atoms with Crippen molar-refractivity contribution in [1.82, 2.24) is 10.2 Å². The summed E-state index contributed by atoms with van der Waals surface area (Å²) in [4.78, 5) is 14.0. The topological polar surface area (TPSA) is 41.6 Å². The minimum atomic E-state index is -4.78. The standard InChI is InChI=1S/C18H22F4N2O2/c1-26-16(25)24(11-13-4-2-9-23-13)17(7-3-8-17)12-5-6-15(19)14(10-12)18(20,21)22/h5-6,10,13,23H,2-4,7-9,11H2,1H3/t13-/m0/s1. The summed E-state index contributed by atoms with van der Waals surface area (Å²) in [5.74, 6) is -1.31. The number of alkyl halides is 3. The largest absolute Gasteiger partial charge is 0.453 e. The molecule has 0 aromatic heterocycles. The van der Waals surface area contributed by atoms with E-state index in [2.05, 4.69) is 5.32 Å². The van der Waals surface area contributed by atoms with Gasteiger partial charge in [-0.25, -0.2) is 9.18 Å². The van der Waals surface area contributed by atoms with Crippen molar-refractivity contribution in [2.75, 3.05) is 20.2 Å². The van der Waals surface area contributed by atoms with E-state index in [9.17, 15) is 22.4 Å². The third-order valence-electron chi connectivity index (χ3n) is 5.47. The lowest BCUT2D eigenvalue weighted by molar-refractivity contribution is -0.140. The van der Waals surface area contributed by atoms with Crippen LogP contribution < -0.4 is 5.32 Å². The molecule has 144 valence electrons. The molecule has 0 unspecified atom stereocenters. The Bertz CT molecular complexity index is 668. The van der Waals surface area contributed by atoms with E-state index in [4.69, 9.17) is 4.74 Å². The number of ether oxygens (including phenoxy) is 1. The molecule has 0 radical (unpaired) electrons. The number of methoxy groups -OCH3 is 1. The minimum absolute atomic E-state index is 0.0779. The average molecular weight is 374 g/mol. The molecule has 1 heterocycles. The van der Waals surface area contributed by atoms with Crippen LogP contribution in [0, 0.1) is 5.82 Å². The molecule has 2 aliphatic rings. The number of carbonyl (C=O) groups is 1. The normalized spacial score (nSPS) is 22.0. The molecular formula is C18H22F4N2O2. The maximum atomic E-state index is 13.7. The molecule has 1 saturated carbocycles. The second-order valence-electron chi connectivity index (χ2n) is 6.95. The summed E-state index contributed by atoms with van der Waals surface area (Å²) >= 11 is 0. The molecule has 1 atom stereocenters. The molecule has 1 aromatic carbocycles. The highest BCUT2D eigenvalue weighted by Gasteiger charge is 2.48. The monoisotopic (exact) mass is 374 g/mol. The molecule has 1 amide bonds. The zero-order valence-electron chi connectivity index (χ0n) is 14.5. The first-order chi connectivity index (χ1) is 12.3. The van der Waals surface area contributed by atoms with Crippen molar-refractivity contribution >= 4 is 6.09 Å². The molecule has 1 aliphatic heterocycles. The van der Waals surface area contributed by atoms with Gasteiger partial charge in [-0.05, 0) is 56.3 Å². The van der Waals surface area contributed by atoms with Crippen LogP contribution in [0.5, 0.6) is 0 Å². The quantitative estimate of drug-likeness (QED) is 0.809. The lowest BCUT2D eigenvalue weighted by Gasteiger charge is -2.50. The lowest BCUT2D eigenvalue weighted by atomic mass is 9.70. The Kier molecular flexibility index (Phi) is 5.14. The van der Waals surface area contributed by atoms with Crippen molar-refractivity contribution in [3.05, 3.63) is 35.1 Å². The molecule has 1 N–H and O–H groups in total. The molecule has 0 spiro atoms. The van der Waals surface area contributed by atoms with E-state index in [0.29, 0.717) is 24.9 Å². The lowest BCUT2D eigenvalue weighted by Crippen LogP contribution is -2.57. The molecule has 4 nitrogen and oxygen atoms in total. The van der Waals surface area contributed by atoms with Gasteiger partial charge in [0.25, 0.3) is 0 Å². The van der Waals surface area contributed by atoms with Crippen molar-refractivity contribution in [1.29, 1.82) is 0 Å². The van der Waals surface area contributed by atoms with Crippen LogP contribution in [-0.2, 0) is 16.5 Å². The summed E-state index contributed by atoms with van der Waals surface area (Å²) in [5, 5.41) is 3.29. The maximum absolute atomic E-state index is 13.7. The van der Waals surface area contributed by atoms with E-state index in [1.54, 1.807) is 0 Å². The van der Waals surface area contributed by atoms with Crippen LogP contribution in [0.1, 0.15) is 43.2 Å². The van der Waals surface area contributed by atoms with Gasteiger partial charge >= 0.3 is 12.3 Å². The van der Waals surface area contributed by atoms with Crippen LogP contribution in [-0.4, -0.2) is 37.2 Å². The predicted octanol–water partition coefficient (Wildman–Crippen LogP) is 4.04. The summed E-state index contributed by atoms with van der Waals surface area (Å²) in [6, 6.07) is 3.10. The number of halogens is 4. The number of amides is 1. The second kappa shape index (κ2) is 7.06. The molecule has 26 heavy (non-hydrogen) atoms. The first-order valence-corrected chi connectivity index (χ1v) is 8.74. The number of nitrogens with zero attached hydrogens (tertiary/aromatic N) is 1. The average Bonchev–Trinajstić information content (AvgIpc) is 3.05. The van der Waals surface area contributed by atoms with Crippen molar-refractivity contribution in [2.24, 2.45) is 0 Å². The fourth-order valence-corrected chi connectivity index (χ4v) is 3.93. The predicted molar refractivity (Wildman–Crippen MR) is 87.1 cm³/mol. The third kappa shape index (κ3) is 3.39. The number of hydrogen-bond donors (Lipinski definition) is 1. The zero-order chi connectivity index (χ0) is 18.9. The highest BCUT2D eigenvalue weighted by atomic mass is 19.4. The molecule has 8 heteroatoms. The van der Waals surface area contributed by atoms with Gasteiger partial charge < -0.3 is 10.1 Å². The van der Waals surface area contributed by atoms with Crippen LogP contribution in [0.3, 0.4) is 0 Å². The Morgan fingerprint density at radius 3 is 2.58 bits per heavy atom. The molecule has 3 rings (SSSR count). The minimum Gasteiger partial charge on any atom is -0.453 e. The summed E-state index contributed by atoms with van der Waals surface area (Å²) in [5.41, 5.74) is -1.88.